The average Bonchev–Trinajstić information content (AvgIpc) is 2.42. The number of likely N-dealkylation sites (tertiary alicyclic amines) is 1. The Balaban J connectivity index is 1.78. The van der Waals surface area contributed by atoms with E-state index in [0.717, 1.165) is 18.2 Å². The summed E-state index contributed by atoms with van der Waals surface area (Å²) in [6.07, 6.45) is 3.77. The number of nitriles is 1. The van der Waals surface area contributed by atoms with E-state index in [1.165, 1.54) is 32.4 Å². The van der Waals surface area contributed by atoms with E-state index >= 15 is 0 Å². The molecule has 4 nitrogen and oxygen atoms in total. The molecular formula is C15H22N4. The lowest BCUT2D eigenvalue weighted by atomic mass is 9.94. The molecule has 19 heavy (non-hydrogen) atoms. The Labute approximate surface area is 115 Å². The van der Waals surface area contributed by atoms with Crippen LogP contribution in [-0.4, -0.2) is 31.6 Å². The van der Waals surface area contributed by atoms with Gasteiger partial charge < -0.3 is 16.0 Å². The maximum atomic E-state index is 8.79. The normalized spacial score (nSPS) is 17.1. The molecule has 0 amide bonds. The molecular weight excluding hydrogens is 236 g/mol. The van der Waals surface area contributed by atoms with Gasteiger partial charge in [0.2, 0.25) is 0 Å². The molecule has 1 heterocycles. The minimum absolute atomic E-state index is 0.610. The first-order chi connectivity index (χ1) is 9.19. The molecule has 102 valence electrons. The average molecular weight is 258 g/mol. The zero-order valence-electron chi connectivity index (χ0n) is 11.5. The summed E-state index contributed by atoms with van der Waals surface area (Å²) in [4.78, 5) is 2.39. The van der Waals surface area contributed by atoms with E-state index in [-0.39, 0.29) is 0 Å². The van der Waals surface area contributed by atoms with E-state index in [1.54, 1.807) is 12.1 Å². The van der Waals surface area contributed by atoms with Crippen molar-refractivity contribution >= 4 is 11.4 Å². The summed E-state index contributed by atoms with van der Waals surface area (Å²) in [6, 6.07) is 7.51. The van der Waals surface area contributed by atoms with Gasteiger partial charge in [-0.05, 0) is 63.5 Å². The Morgan fingerprint density at radius 2 is 2.16 bits per heavy atom. The molecule has 1 aliphatic rings. The molecule has 0 unspecified atom stereocenters. The molecule has 1 saturated heterocycles. The van der Waals surface area contributed by atoms with Gasteiger partial charge in [0, 0.05) is 6.54 Å². The molecule has 0 saturated carbocycles. The number of nitrogens with zero attached hydrogens (tertiary/aromatic N) is 2. The van der Waals surface area contributed by atoms with Crippen LogP contribution in [0.4, 0.5) is 11.4 Å². The van der Waals surface area contributed by atoms with Crippen LogP contribution in [0.1, 0.15) is 24.8 Å². The van der Waals surface area contributed by atoms with Gasteiger partial charge >= 0.3 is 0 Å². The number of piperidine rings is 1. The van der Waals surface area contributed by atoms with Gasteiger partial charge in [-0.25, -0.2) is 0 Å². The third-order valence-corrected chi connectivity index (χ3v) is 3.89. The second-order valence-electron chi connectivity index (χ2n) is 5.38. The summed E-state index contributed by atoms with van der Waals surface area (Å²) in [5, 5.41) is 12.2. The summed E-state index contributed by atoms with van der Waals surface area (Å²) in [5.74, 6) is 0.823. The van der Waals surface area contributed by atoms with Crippen molar-refractivity contribution in [3.63, 3.8) is 0 Å². The second kappa shape index (κ2) is 6.44. The third-order valence-electron chi connectivity index (χ3n) is 3.89. The van der Waals surface area contributed by atoms with Crippen LogP contribution in [0.25, 0.3) is 0 Å². The Hall–Kier alpha value is -1.73. The van der Waals surface area contributed by atoms with Gasteiger partial charge in [0.15, 0.2) is 0 Å². The van der Waals surface area contributed by atoms with Crippen LogP contribution in [0.15, 0.2) is 18.2 Å². The van der Waals surface area contributed by atoms with Crippen molar-refractivity contribution in [3.8, 4) is 6.07 Å². The topological polar surface area (TPSA) is 65.1 Å². The summed E-state index contributed by atoms with van der Waals surface area (Å²) in [6.45, 7) is 3.37. The van der Waals surface area contributed by atoms with E-state index < -0.39 is 0 Å². The highest BCUT2D eigenvalue weighted by Crippen LogP contribution is 2.22. The standard InChI is InChI=1S/C15H22N4/c1-19-8-5-12(6-9-19)4-7-18-15-3-2-13(11-16)10-14(15)17/h2-3,10,12,18H,4-9,17H2,1H3. The predicted molar refractivity (Wildman–Crippen MR) is 78.9 cm³/mol. The van der Waals surface area contributed by atoms with E-state index in [1.807, 2.05) is 6.07 Å². The predicted octanol–water partition coefficient (Wildman–Crippen LogP) is 2.28. The molecule has 0 bridgehead atoms. The first-order valence-electron chi connectivity index (χ1n) is 6.91. The Morgan fingerprint density at radius 1 is 1.42 bits per heavy atom. The fourth-order valence-corrected chi connectivity index (χ4v) is 2.55. The Morgan fingerprint density at radius 3 is 2.79 bits per heavy atom. The number of hydrogen-bond donors (Lipinski definition) is 2. The zero-order valence-corrected chi connectivity index (χ0v) is 11.5. The maximum Gasteiger partial charge on any atom is 0.0992 e. The van der Waals surface area contributed by atoms with Crippen molar-refractivity contribution in [3.05, 3.63) is 23.8 Å². The summed E-state index contributed by atoms with van der Waals surface area (Å²) in [7, 11) is 2.19. The molecule has 0 aromatic heterocycles. The minimum atomic E-state index is 0.610. The molecule has 1 aliphatic heterocycles. The van der Waals surface area contributed by atoms with Gasteiger partial charge in [-0.1, -0.05) is 0 Å². The Kier molecular flexibility index (Phi) is 4.64. The number of anilines is 2. The molecule has 0 aliphatic carbocycles. The van der Waals surface area contributed by atoms with Crippen LogP contribution in [0.2, 0.25) is 0 Å². The number of nitrogen functional groups attached to an aromatic ring is 1. The number of rotatable bonds is 4. The Bertz CT molecular complexity index is 456. The van der Waals surface area contributed by atoms with Crippen LogP contribution < -0.4 is 11.1 Å². The minimum Gasteiger partial charge on any atom is -0.397 e. The summed E-state index contributed by atoms with van der Waals surface area (Å²) >= 11 is 0. The lowest BCUT2D eigenvalue weighted by Gasteiger charge is -2.29. The molecule has 0 spiro atoms. The van der Waals surface area contributed by atoms with Gasteiger partial charge in [-0.3, -0.25) is 0 Å². The number of nitrogens with two attached hydrogens (primary N) is 1. The van der Waals surface area contributed by atoms with Crippen LogP contribution in [-0.2, 0) is 0 Å². The molecule has 0 atom stereocenters. The van der Waals surface area contributed by atoms with Gasteiger partial charge in [-0.2, -0.15) is 5.26 Å². The molecule has 1 aromatic rings. The largest absolute Gasteiger partial charge is 0.397 e. The van der Waals surface area contributed by atoms with Crippen LogP contribution in [0.3, 0.4) is 0 Å². The fourth-order valence-electron chi connectivity index (χ4n) is 2.55. The van der Waals surface area contributed by atoms with Crippen molar-refractivity contribution in [2.24, 2.45) is 5.92 Å². The first kappa shape index (κ1) is 13.7. The molecule has 0 radical (unpaired) electrons. The van der Waals surface area contributed by atoms with Crippen molar-refractivity contribution < 1.29 is 0 Å². The maximum absolute atomic E-state index is 8.79. The first-order valence-corrected chi connectivity index (χ1v) is 6.91. The van der Waals surface area contributed by atoms with Crippen LogP contribution >= 0.6 is 0 Å². The van der Waals surface area contributed by atoms with Crippen molar-refractivity contribution in [2.75, 3.05) is 37.7 Å². The highest BCUT2D eigenvalue weighted by atomic mass is 15.1. The van der Waals surface area contributed by atoms with Gasteiger partial charge in [0.05, 0.1) is 23.0 Å². The van der Waals surface area contributed by atoms with Crippen LogP contribution in [0, 0.1) is 17.2 Å². The van der Waals surface area contributed by atoms with Gasteiger partial charge in [-0.15, -0.1) is 0 Å². The van der Waals surface area contributed by atoms with Gasteiger partial charge in [0.25, 0.3) is 0 Å². The molecule has 4 heteroatoms. The van der Waals surface area contributed by atoms with E-state index in [4.69, 9.17) is 11.0 Å². The van der Waals surface area contributed by atoms with Crippen molar-refractivity contribution in [1.29, 1.82) is 5.26 Å². The number of hydrogen-bond acceptors (Lipinski definition) is 4. The highest BCUT2D eigenvalue weighted by molar-refractivity contribution is 5.68. The zero-order chi connectivity index (χ0) is 13.7. The summed E-state index contributed by atoms with van der Waals surface area (Å²) < 4.78 is 0. The molecule has 3 N–H and O–H groups in total. The number of nitrogens with one attached hydrogen (secondary N) is 1. The second-order valence-corrected chi connectivity index (χ2v) is 5.38. The third kappa shape index (κ3) is 3.87. The monoisotopic (exact) mass is 258 g/mol. The van der Waals surface area contributed by atoms with Crippen molar-refractivity contribution in [1.82, 2.24) is 4.90 Å². The van der Waals surface area contributed by atoms with E-state index in [2.05, 4.69) is 23.3 Å². The summed E-state index contributed by atoms with van der Waals surface area (Å²) in [5.41, 5.74) is 8.12. The smallest absolute Gasteiger partial charge is 0.0992 e. The van der Waals surface area contributed by atoms with Crippen LogP contribution in [0.5, 0.6) is 0 Å². The van der Waals surface area contributed by atoms with E-state index in [0.29, 0.717) is 11.3 Å². The molecule has 1 aromatic carbocycles. The number of benzene rings is 1. The highest BCUT2D eigenvalue weighted by Gasteiger charge is 2.15. The SMILES string of the molecule is CN1CCC(CCNc2ccc(C#N)cc2N)CC1. The lowest BCUT2D eigenvalue weighted by molar-refractivity contribution is 0.215. The quantitative estimate of drug-likeness (QED) is 0.813. The van der Waals surface area contributed by atoms with Crippen molar-refractivity contribution in [2.45, 2.75) is 19.3 Å². The van der Waals surface area contributed by atoms with E-state index in [9.17, 15) is 0 Å². The fraction of sp³-hybridized carbons (Fsp3) is 0.533. The lowest BCUT2D eigenvalue weighted by Crippen LogP contribution is -2.30. The molecule has 1 fully saturated rings. The molecule has 2 rings (SSSR count). The van der Waals surface area contributed by atoms with Gasteiger partial charge in [0.1, 0.15) is 0 Å².